The number of hydrogen-bond acceptors (Lipinski definition) is 2. The van der Waals surface area contributed by atoms with Crippen LogP contribution in [0.5, 0.6) is 0 Å². The van der Waals surface area contributed by atoms with Crippen LogP contribution in [0.3, 0.4) is 0 Å². The van der Waals surface area contributed by atoms with Crippen molar-refractivity contribution in [1.29, 1.82) is 0 Å². The first-order chi connectivity index (χ1) is 5.20. The molecule has 3 heteroatoms. The van der Waals surface area contributed by atoms with E-state index < -0.39 is 10.8 Å². The van der Waals surface area contributed by atoms with Crippen LogP contribution >= 0.6 is 0 Å². The van der Waals surface area contributed by atoms with Gasteiger partial charge in [0.15, 0.2) is 0 Å². The Hall–Kier alpha value is 0.110. The molecule has 0 aromatic heterocycles. The van der Waals surface area contributed by atoms with Crippen molar-refractivity contribution >= 4 is 10.8 Å². The van der Waals surface area contributed by atoms with E-state index in [1.807, 2.05) is 6.92 Å². The van der Waals surface area contributed by atoms with Crippen molar-refractivity contribution in [3.8, 4) is 0 Å². The van der Waals surface area contributed by atoms with Gasteiger partial charge in [-0.3, -0.25) is 4.21 Å². The molecular formula is C8H17NOS. The molecule has 0 aliphatic heterocycles. The molecule has 0 spiro atoms. The molecule has 2 atom stereocenters. The third kappa shape index (κ3) is 3.87. The first-order valence-electron chi connectivity index (χ1n) is 4.23. The van der Waals surface area contributed by atoms with Crippen LogP contribution in [0.1, 0.15) is 19.8 Å². The summed E-state index contributed by atoms with van der Waals surface area (Å²) in [5.74, 6) is 0.924. The van der Waals surface area contributed by atoms with E-state index in [0.717, 1.165) is 19.0 Å². The molecule has 0 bridgehead atoms. The molecule has 1 saturated carbocycles. The summed E-state index contributed by atoms with van der Waals surface area (Å²) in [5, 5.41) is 3.64. The molecule has 0 saturated heterocycles. The van der Waals surface area contributed by atoms with Crippen LogP contribution in [-0.2, 0) is 10.8 Å². The minimum atomic E-state index is -0.667. The quantitative estimate of drug-likeness (QED) is 0.668. The number of hydrogen-bond donors (Lipinski definition) is 1. The van der Waals surface area contributed by atoms with E-state index in [9.17, 15) is 4.21 Å². The van der Waals surface area contributed by atoms with Gasteiger partial charge >= 0.3 is 0 Å². The molecule has 1 rings (SSSR count). The third-order valence-electron chi connectivity index (χ3n) is 2.13. The Labute approximate surface area is 71.2 Å². The summed E-state index contributed by atoms with van der Waals surface area (Å²) in [6.45, 7) is 4.05. The molecule has 0 amide bonds. The second-order valence-electron chi connectivity index (χ2n) is 3.41. The zero-order chi connectivity index (χ0) is 8.27. The van der Waals surface area contributed by atoms with Gasteiger partial charge in [0.05, 0.1) is 0 Å². The standard InChI is InChI=1S/C8H17NOS/c1-7(11(2)10)5-9-6-8-3-4-8/h7-9H,3-6H2,1-2H3. The van der Waals surface area contributed by atoms with Gasteiger partial charge in [-0.25, -0.2) is 0 Å². The third-order valence-corrected chi connectivity index (χ3v) is 3.43. The highest BCUT2D eigenvalue weighted by molar-refractivity contribution is 7.84. The van der Waals surface area contributed by atoms with Crippen LogP contribution in [0.2, 0.25) is 0 Å². The van der Waals surface area contributed by atoms with Gasteiger partial charge < -0.3 is 5.32 Å². The fourth-order valence-corrected chi connectivity index (χ4v) is 1.28. The van der Waals surface area contributed by atoms with E-state index in [1.165, 1.54) is 12.8 Å². The Morgan fingerprint density at radius 2 is 2.27 bits per heavy atom. The second-order valence-corrected chi connectivity index (χ2v) is 5.21. The van der Waals surface area contributed by atoms with Gasteiger partial charge in [-0.05, 0) is 32.2 Å². The first kappa shape index (κ1) is 9.20. The van der Waals surface area contributed by atoms with Gasteiger partial charge in [0.25, 0.3) is 0 Å². The van der Waals surface area contributed by atoms with Crippen LogP contribution in [0.4, 0.5) is 0 Å². The summed E-state index contributed by atoms with van der Waals surface area (Å²) in [6, 6.07) is 0. The van der Waals surface area contributed by atoms with Crippen LogP contribution in [0.15, 0.2) is 0 Å². The Balaban J connectivity index is 1.96. The van der Waals surface area contributed by atoms with E-state index in [1.54, 1.807) is 6.26 Å². The minimum Gasteiger partial charge on any atom is -0.315 e. The normalized spacial score (nSPS) is 23.1. The van der Waals surface area contributed by atoms with Crippen molar-refractivity contribution < 1.29 is 4.21 Å². The molecule has 2 unspecified atom stereocenters. The van der Waals surface area contributed by atoms with Crippen LogP contribution in [-0.4, -0.2) is 28.8 Å². The molecule has 1 fully saturated rings. The predicted molar refractivity (Wildman–Crippen MR) is 49.1 cm³/mol. The maximum Gasteiger partial charge on any atom is 0.0441 e. The molecule has 0 radical (unpaired) electrons. The Morgan fingerprint density at radius 3 is 2.73 bits per heavy atom. The van der Waals surface area contributed by atoms with E-state index in [4.69, 9.17) is 0 Å². The lowest BCUT2D eigenvalue weighted by molar-refractivity contribution is 0.620. The molecule has 2 nitrogen and oxygen atoms in total. The molecule has 1 N–H and O–H groups in total. The highest BCUT2D eigenvalue weighted by atomic mass is 32.2. The first-order valence-corrected chi connectivity index (χ1v) is 5.85. The monoisotopic (exact) mass is 175 g/mol. The van der Waals surface area contributed by atoms with E-state index >= 15 is 0 Å². The van der Waals surface area contributed by atoms with Gasteiger partial charge in [0, 0.05) is 28.9 Å². The summed E-state index contributed by atoms with van der Waals surface area (Å²) in [7, 11) is -0.667. The molecule has 0 aromatic carbocycles. The lowest BCUT2D eigenvalue weighted by Crippen LogP contribution is -2.28. The van der Waals surface area contributed by atoms with Crippen LogP contribution in [0.25, 0.3) is 0 Å². The fraction of sp³-hybridized carbons (Fsp3) is 1.00. The van der Waals surface area contributed by atoms with Crippen molar-refractivity contribution in [3.63, 3.8) is 0 Å². The number of rotatable bonds is 5. The molecular weight excluding hydrogens is 158 g/mol. The smallest absolute Gasteiger partial charge is 0.0441 e. The molecule has 66 valence electrons. The molecule has 11 heavy (non-hydrogen) atoms. The van der Waals surface area contributed by atoms with Crippen molar-refractivity contribution in [1.82, 2.24) is 5.32 Å². The Bertz CT molecular complexity index is 145. The number of nitrogens with one attached hydrogen (secondary N) is 1. The summed E-state index contributed by atoms with van der Waals surface area (Å²) in [6.07, 6.45) is 4.54. The highest BCUT2D eigenvalue weighted by Crippen LogP contribution is 2.27. The van der Waals surface area contributed by atoms with Gasteiger partial charge in [-0.15, -0.1) is 0 Å². The van der Waals surface area contributed by atoms with Gasteiger partial charge in [-0.2, -0.15) is 0 Å². The SMILES string of the molecule is CC(CNCC1CC1)S(C)=O. The van der Waals surface area contributed by atoms with Crippen molar-refractivity contribution in [3.05, 3.63) is 0 Å². The Morgan fingerprint density at radius 1 is 1.64 bits per heavy atom. The average molecular weight is 175 g/mol. The van der Waals surface area contributed by atoms with E-state index in [-0.39, 0.29) is 0 Å². The maximum atomic E-state index is 10.9. The predicted octanol–water partition coefficient (Wildman–Crippen LogP) is 0.753. The van der Waals surface area contributed by atoms with E-state index in [0.29, 0.717) is 5.25 Å². The maximum absolute atomic E-state index is 10.9. The fourth-order valence-electron chi connectivity index (χ4n) is 0.930. The van der Waals surface area contributed by atoms with Crippen molar-refractivity contribution in [2.75, 3.05) is 19.3 Å². The largest absolute Gasteiger partial charge is 0.315 e. The second kappa shape index (κ2) is 4.21. The average Bonchev–Trinajstić information content (AvgIpc) is 2.71. The van der Waals surface area contributed by atoms with Crippen LogP contribution < -0.4 is 5.32 Å². The van der Waals surface area contributed by atoms with Crippen LogP contribution in [0, 0.1) is 5.92 Å². The van der Waals surface area contributed by atoms with Gasteiger partial charge in [0.1, 0.15) is 0 Å². The molecule has 1 aliphatic carbocycles. The topological polar surface area (TPSA) is 29.1 Å². The molecule has 0 heterocycles. The van der Waals surface area contributed by atoms with E-state index in [2.05, 4.69) is 5.32 Å². The summed E-state index contributed by atoms with van der Waals surface area (Å²) >= 11 is 0. The zero-order valence-corrected chi connectivity index (χ0v) is 8.12. The molecule has 0 aromatic rings. The van der Waals surface area contributed by atoms with Crippen molar-refractivity contribution in [2.45, 2.75) is 25.0 Å². The van der Waals surface area contributed by atoms with Crippen molar-refractivity contribution in [2.24, 2.45) is 5.92 Å². The summed E-state index contributed by atoms with van der Waals surface area (Å²) < 4.78 is 10.9. The summed E-state index contributed by atoms with van der Waals surface area (Å²) in [4.78, 5) is 0. The zero-order valence-electron chi connectivity index (χ0n) is 7.30. The van der Waals surface area contributed by atoms with Gasteiger partial charge in [-0.1, -0.05) is 0 Å². The highest BCUT2D eigenvalue weighted by Gasteiger charge is 2.20. The lowest BCUT2D eigenvalue weighted by atomic mass is 10.4. The molecule has 1 aliphatic rings. The summed E-state index contributed by atoms with van der Waals surface area (Å²) in [5.41, 5.74) is 0. The minimum absolute atomic E-state index is 0.300. The Kier molecular flexibility index (Phi) is 3.52. The van der Waals surface area contributed by atoms with Gasteiger partial charge in [0.2, 0.25) is 0 Å². The lowest BCUT2D eigenvalue weighted by Gasteiger charge is -2.08.